The minimum Gasteiger partial charge on any atom is -0.478 e. The smallest absolute Gasteiger partial charge is 0.335 e. The van der Waals surface area contributed by atoms with E-state index in [4.69, 9.17) is 24.8 Å². The number of rotatable bonds is 9. The number of aromatic carboxylic acids is 1. The zero-order chi connectivity index (χ0) is 29.5. The molecule has 3 fully saturated rings. The minimum atomic E-state index is -0.940. The monoisotopic (exact) mass is 581 g/mol. The number of hydrogen-bond donors (Lipinski definition) is 1. The molecule has 10 heteroatoms. The first kappa shape index (κ1) is 27.3. The maximum absolute atomic E-state index is 14.3. The van der Waals surface area contributed by atoms with Crippen LogP contribution < -0.4 is 9.64 Å². The molecule has 0 spiro atoms. The summed E-state index contributed by atoms with van der Waals surface area (Å²) in [4.78, 5) is 18.9. The minimum absolute atomic E-state index is 0.0319. The quantitative estimate of drug-likeness (QED) is 0.282. The van der Waals surface area contributed by atoms with Gasteiger partial charge in [0, 0.05) is 48.5 Å². The summed E-state index contributed by atoms with van der Waals surface area (Å²) >= 11 is 0. The molecule has 6 heterocycles. The first-order chi connectivity index (χ1) is 20.9. The highest BCUT2D eigenvalue weighted by Crippen LogP contribution is 2.43. The number of anilines is 1. The highest BCUT2D eigenvalue weighted by atomic mass is 19.1. The number of nitrogens with zero attached hydrogens (tertiary/aromatic N) is 5. The number of pyridine rings is 2. The van der Waals surface area contributed by atoms with E-state index in [9.17, 15) is 14.3 Å². The average Bonchev–Trinajstić information content (AvgIpc) is 3.46. The molecular formula is C33H32FN5O4. The van der Waals surface area contributed by atoms with Gasteiger partial charge in [-0.1, -0.05) is 12.1 Å². The Morgan fingerprint density at radius 3 is 2.63 bits per heavy atom. The number of halogens is 1. The summed E-state index contributed by atoms with van der Waals surface area (Å²) in [6, 6.07) is 16.1. The third-order valence-electron chi connectivity index (χ3n) is 9.14. The second kappa shape index (κ2) is 11.3. The van der Waals surface area contributed by atoms with Crippen molar-refractivity contribution in [3.8, 4) is 11.9 Å². The van der Waals surface area contributed by atoms with Crippen LogP contribution in [-0.2, 0) is 24.2 Å². The molecule has 3 aliphatic heterocycles. The van der Waals surface area contributed by atoms with Gasteiger partial charge >= 0.3 is 5.97 Å². The van der Waals surface area contributed by atoms with Crippen molar-refractivity contribution in [1.82, 2.24) is 14.6 Å². The highest BCUT2D eigenvalue weighted by Gasteiger charge is 2.42. The molecule has 2 bridgehead atoms. The van der Waals surface area contributed by atoms with Crippen LogP contribution in [0.2, 0.25) is 0 Å². The third-order valence-corrected chi connectivity index (χ3v) is 9.14. The molecule has 0 aliphatic carbocycles. The average molecular weight is 582 g/mol. The van der Waals surface area contributed by atoms with E-state index in [-0.39, 0.29) is 23.8 Å². The topological polar surface area (TPSA) is 113 Å². The molecule has 0 radical (unpaired) electrons. The van der Waals surface area contributed by atoms with Crippen LogP contribution >= 0.6 is 0 Å². The molecule has 3 atom stereocenters. The van der Waals surface area contributed by atoms with Crippen LogP contribution in [0.5, 0.6) is 5.88 Å². The third kappa shape index (κ3) is 5.41. The molecule has 3 saturated heterocycles. The fraction of sp³-hybridized carbons (Fsp3) is 0.394. The van der Waals surface area contributed by atoms with Gasteiger partial charge in [-0.2, -0.15) is 15.3 Å². The summed E-state index contributed by atoms with van der Waals surface area (Å²) in [5.74, 6) is 0.366. The van der Waals surface area contributed by atoms with Crippen molar-refractivity contribution in [2.75, 3.05) is 11.5 Å². The summed E-state index contributed by atoms with van der Waals surface area (Å²) in [7, 11) is 0. The van der Waals surface area contributed by atoms with Gasteiger partial charge in [0.25, 0.3) is 0 Å². The van der Waals surface area contributed by atoms with Crippen LogP contribution in [-0.4, -0.2) is 50.5 Å². The lowest BCUT2D eigenvalue weighted by Crippen LogP contribution is -2.44. The van der Waals surface area contributed by atoms with Gasteiger partial charge in [-0.15, -0.1) is 0 Å². The molecule has 0 saturated carbocycles. The predicted molar refractivity (Wildman–Crippen MR) is 156 cm³/mol. The lowest BCUT2D eigenvalue weighted by Gasteiger charge is -2.40. The normalized spacial score (nSPS) is 22.7. The second-order valence-electron chi connectivity index (χ2n) is 11.8. The van der Waals surface area contributed by atoms with E-state index in [0.29, 0.717) is 29.4 Å². The van der Waals surface area contributed by atoms with E-state index in [0.717, 1.165) is 74.1 Å². The van der Waals surface area contributed by atoms with Crippen molar-refractivity contribution >= 4 is 17.3 Å². The Bertz CT molecular complexity index is 1710. The lowest BCUT2D eigenvalue weighted by molar-refractivity contribution is -0.0491. The van der Waals surface area contributed by atoms with Gasteiger partial charge in [0.2, 0.25) is 5.88 Å². The van der Waals surface area contributed by atoms with Gasteiger partial charge in [-0.3, -0.25) is 0 Å². The molecule has 3 aliphatic rings. The molecule has 1 N–H and O–H groups in total. The van der Waals surface area contributed by atoms with Crippen molar-refractivity contribution in [1.29, 1.82) is 5.26 Å². The van der Waals surface area contributed by atoms with Gasteiger partial charge in [-0.25, -0.2) is 13.7 Å². The fourth-order valence-electron chi connectivity index (χ4n) is 6.95. The van der Waals surface area contributed by atoms with E-state index in [2.05, 4.69) is 4.90 Å². The number of hydrogen-bond acceptors (Lipinski definition) is 7. The van der Waals surface area contributed by atoms with Crippen LogP contribution in [0.15, 0.2) is 54.7 Å². The van der Waals surface area contributed by atoms with Crippen molar-refractivity contribution in [3.05, 3.63) is 88.5 Å². The number of carbonyl (C=O) groups is 1. The summed E-state index contributed by atoms with van der Waals surface area (Å²) in [5.41, 5.74) is 3.92. The lowest BCUT2D eigenvalue weighted by atomic mass is 9.85. The summed E-state index contributed by atoms with van der Waals surface area (Å²) in [5, 5.41) is 23.5. The van der Waals surface area contributed by atoms with E-state index < -0.39 is 11.8 Å². The predicted octanol–water partition coefficient (Wildman–Crippen LogP) is 5.34. The molecular weight excluding hydrogens is 549 g/mol. The van der Waals surface area contributed by atoms with Gasteiger partial charge in [0.05, 0.1) is 34.5 Å². The van der Waals surface area contributed by atoms with Crippen molar-refractivity contribution < 1.29 is 23.8 Å². The van der Waals surface area contributed by atoms with Crippen molar-refractivity contribution in [3.63, 3.8) is 0 Å². The van der Waals surface area contributed by atoms with E-state index >= 15 is 0 Å². The van der Waals surface area contributed by atoms with Crippen LogP contribution in [0, 0.1) is 23.1 Å². The van der Waals surface area contributed by atoms with E-state index in [1.54, 1.807) is 36.5 Å². The number of aromatic nitrogens is 3. The Morgan fingerprint density at radius 2 is 1.93 bits per heavy atom. The molecule has 9 nitrogen and oxygen atoms in total. The summed E-state index contributed by atoms with van der Waals surface area (Å²) in [6.45, 7) is 0.804. The van der Waals surface area contributed by atoms with Crippen molar-refractivity contribution in [2.45, 2.75) is 69.7 Å². The molecule has 7 rings (SSSR count). The second-order valence-corrected chi connectivity index (χ2v) is 11.8. The number of piperidine rings is 1. The summed E-state index contributed by atoms with van der Waals surface area (Å²) in [6.07, 6.45) is 8.75. The first-order valence-corrected chi connectivity index (χ1v) is 14.9. The maximum atomic E-state index is 14.3. The number of carboxylic acids is 1. The van der Waals surface area contributed by atoms with E-state index in [1.807, 2.05) is 22.7 Å². The van der Waals surface area contributed by atoms with Gasteiger partial charge < -0.3 is 19.5 Å². The Balaban J connectivity index is 1.06. The Labute approximate surface area is 248 Å². The van der Waals surface area contributed by atoms with Crippen LogP contribution in [0.3, 0.4) is 0 Å². The molecule has 2 unspecified atom stereocenters. The van der Waals surface area contributed by atoms with Crippen molar-refractivity contribution in [2.24, 2.45) is 5.92 Å². The largest absolute Gasteiger partial charge is 0.478 e. The molecule has 3 aromatic heterocycles. The highest BCUT2D eigenvalue weighted by molar-refractivity contribution is 5.89. The molecule has 0 amide bonds. The summed E-state index contributed by atoms with van der Waals surface area (Å²) < 4.78 is 27.8. The van der Waals surface area contributed by atoms with Crippen LogP contribution in [0.1, 0.15) is 64.8 Å². The maximum Gasteiger partial charge on any atom is 0.335 e. The fourth-order valence-corrected chi connectivity index (χ4v) is 6.95. The number of nitriles is 1. The zero-order valence-corrected chi connectivity index (χ0v) is 23.7. The SMILES string of the molecule is N#Cc1ccc(COc2cccc(N3C4CCC3CC(Cc3nn5ccc(C(=O)O)cc5c3C[C@@H]3CCO3)C4)n2)c(F)c1. The van der Waals surface area contributed by atoms with Crippen LogP contribution in [0.25, 0.3) is 5.52 Å². The number of carboxylic acid groups (broad SMARTS) is 1. The van der Waals surface area contributed by atoms with Gasteiger partial charge in [0.15, 0.2) is 0 Å². The van der Waals surface area contributed by atoms with Crippen LogP contribution in [0.4, 0.5) is 10.2 Å². The molecule has 43 heavy (non-hydrogen) atoms. The van der Waals surface area contributed by atoms with Gasteiger partial charge in [0.1, 0.15) is 18.2 Å². The molecule has 1 aromatic carbocycles. The molecule has 4 aromatic rings. The van der Waals surface area contributed by atoms with Gasteiger partial charge in [-0.05, 0) is 74.8 Å². The standard InChI is InChI=1S/C33H32FN5O4/c34-28-14-20(18-35)4-5-23(28)19-43-32-3-1-2-31(36-32)39-24-6-7-25(39)13-21(12-24)15-29-27(17-26-9-11-42-26)30-16-22(33(40)41)8-10-38(30)37-29/h1-5,8,10,14,16,21,24-26H,6-7,9,11-13,15,17,19H2,(H,40,41)/t21?,24?,25?,26-/m0/s1. The number of benzene rings is 1. The zero-order valence-electron chi connectivity index (χ0n) is 23.7. The number of fused-ring (bicyclic) bond motifs is 3. The first-order valence-electron chi connectivity index (χ1n) is 14.9. The Morgan fingerprint density at radius 1 is 1.12 bits per heavy atom. The van der Waals surface area contributed by atoms with E-state index in [1.165, 1.54) is 6.07 Å². The molecule has 220 valence electrons. The Hall–Kier alpha value is -4.49. The Kier molecular flexibility index (Phi) is 7.19. The number of ether oxygens (including phenoxy) is 2.